The Hall–Kier alpha value is -1.98. The molecule has 0 spiro atoms. The average Bonchev–Trinajstić information content (AvgIpc) is 2.78. The van der Waals surface area contributed by atoms with Crippen LogP contribution in [-0.4, -0.2) is 47.0 Å². The maximum Gasteiger partial charge on any atom is 0.323 e. The fourth-order valence-electron chi connectivity index (χ4n) is 1.78. The molecule has 0 saturated heterocycles. The van der Waals surface area contributed by atoms with Gasteiger partial charge in [0.15, 0.2) is 0 Å². The molecule has 0 aliphatic rings. The van der Waals surface area contributed by atoms with E-state index in [1.54, 1.807) is 19.4 Å². The van der Waals surface area contributed by atoms with E-state index in [1.165, 1.54) is 16.1 Å². The third-order valence-corrected chi connectivity index (χ3v) is 2.51. The van der Waals surface area contributed by atoms with Crippen molar-refractivity contribution in [2.45, 2.75) is 20.4 Å². The highest BCUT2D eigenvalue weighted by Gasteiger charge is 2.21. The largest absolute Gasteiger partial charge is 0.480 e. The quantitative estimate of drug-likeness (QED) is 0.854. The number of nitrogens with zero attached hydrogens (tertiary/aromatic N) is 2. The molecular formula is C13H20N2O4. The van der Waals surface area contributed by atoms with Crippen molar-refractivity contribution in [3.8, 4) is 0 Å². The molecule has 0 bridgehead atoms. The minimum Gasteiger partial charge on any atom is -0.480 e. The van der Waals surface area contributed by atoms with E-state index in [2.05, 4.69) is 0 Å². The highest BCUT2D eigenvalue weighted by molar-refractivity contribution is 5.80. The Labute approximate surface area is 112 Å². The van der Waals surface area contributed by atoms with Crippen LogP contribution < -0.4 is 0 Å². The van der Waals surface area contributed by atoms with Crippen LogP contribution in [0, 0.1) is 5.92 Å². The lowest BCUT2D eigenvalue weighted by atomic mass is 10.2. The van der Waals surface area contributed by atoms with Crippen LogP contribution in [0.15, 0.2) is 23.0 Å². The van der Waals surface area contributed by atoms with Gasteiger partial charge >= 0.3 is 12.0 Å². The smallest absolute Gasteiger partial charge is 0.323 e. The van der Waals surface area contributed by atoms with Crippen molar-refractivity contribution in [3.05, 3.63) is 24.2 Å². The molecule has 1 N–H and O–H groups in total. The topological polar surface area (TPSA) is 74.0 Å². The number of aliphatic carboxylic acids is 1. The Morgan fingerprint density at radius 3 is 2.58 bits per heavy atom. The third-order valence-electron chi connectivity index (χ3n) is 2.51. The standard InChI is InChI=1S/C13H20N2O4/c1-10(2)6-15(8-12(16)17)13(18)14(3)7-11-4-5-19-9-11/h4-5,9-10H,6-8H2,1-3H3,(H,16,17). The number of carboxylic acid groups (broad SMARTS) is 1. The third kappa shape index (κ3) is 5.03. The molecule has 0 fully saturated rings. The monoisotopic (exact) mass is 268 g/mol. The fraction of sp³-hybridized carbons (Fsp3) is 0.538. The second-order valence-corrected chi connectivity index (χ2v) is 4.94. The Bertz CT molecular complexity index is 414. The summed E-state index contributed by atoms with van der Waals surface area (Å²) in [5.41, 5.74) is 0.871. The average molecular weight is 268 g/mol. The highest BCUT2D eigenvalue weighted by Crippen LogP contribution is 2.08. The number of carbonyl (C=O) groups is 2. The first kappa shape index (κ1) is 15.1. The molecule has 0 aromatic carbocycles. The Kier molecular flexibility index (Phi) is 5.41. The molecule has 6 heteroatoms. The Morgan fingerprint density at radius 2 is 2.11 bits per heavy atom. The van der Waals surface area contributed by atoms with E-state index in [1.807, 2.05) is 13.8 Å². The molecule has 6 nitrogen and oxygen atoms in total. The molecule has 0 aliphatic heterocycles. The van der Waals surface area contributed by atoms with Gasteiger partial charge < -0.3 is 19.3 Å². The van der Waals surface area contributed by atoms with Crippen LogP contribution in [0.2, 0.25) is 0 Å². The normalized spacial score (nSPS) is 10.5. The number of rotatable bonds is 6. The number of furan rings is 1. The Balaban J connectivity index is 2.66. The number of carbonyl (C=O) groups excluding carboxylic acids is 1. The summed E-state index contributed by atoms with van der Waals surface area (Å²) in [5.74, 6) is -0.795. The molecule has 0 radical (unpaired) electrons. The van der Waals surface area contributed by atoms with Crippen LogP contribution in [-0.2, 0) is 11.3 Å². The van der Waals surface area contributed by atoms with Gasteiger partial charge in [0.05, 0.1) is 19.1 Å². The fourth-order valence-corrected chi connectivity index (χ4v) is 1.78. The van der Waals surface area contributed by atoms with E-state index >= 15 is 0 Å². The van der Waals surface area contributed by atoms with Gasteiger partial charge in [0.25, 0.3) is 0 Å². The summed E-state index contributed by atoms with van der Waals surface area (Å²) in [4.78, 5) is 25.8. The Morgan fingerprint density at radius 1 is 1.42 bits per heavy atom. The van der Waals surface area contributed by atoms with Crippen molar-refractivity contribution in [3.63, 3.8) is 0 Å². The van der Waals surface area contributed by atoms with E-state index in [0.717, 1.165) is 5.56 Å². The van der Waals surface area contributed by atoms with Crippen LogP contribution in [0.3, 0.4) is 0 Å². The number of carboxylic acids is 1. The number of hydrogen-bond acceptors (Lipinski definition) is 3. The predicted molar refractivity (Wildman–Crippen MR) is 69.6 cm³/mol. The number of urea groups is 1. The SMILES string of the molecule is CC(C)CN(CC(=O)O)C(=O)N(C)Cc1ccoc1. The summed E-state index contributed by atoms with van der Waals surface area (Å²) in [6.07, 6.45) is 3.10. The summed E-state index contributed by atoms with van der Waals surface area (Å²) in [6, 6.07) is 1.48. The van der Waals surface area contributed by atoms with E-state index < -0.39 is 5.97 Å². The van der Waals surface area contributed by atoms with E-state index in [9.17, 15) is 9.59 Å². The lowest BCUT2D eigenvalue weighted by Gasteiger charge is -2.28. The minimum absolute atomic E-state index is 0.214. The van der Waals surface area contributed by atoms with Crippen molar-refractivity contribution in [1.29, 1.82) is 0 Å². The van der Waals surface area contributed by atoms with Crippen LogP contribution in [0.5, 0.6) is 0 Å². The first-order valence-corrected chi connectivity index (χ1v) is 6.13. The van der Waals surface area contributed by atoms with Crippen LogP contribution in [0.25, 0.3) is 0 Å². The van der Waals surface area contributed by atoms with Gasteiger partial charge in [-0.05, 0) is 12.0 Å². The van der Waals surface area contributed by atoms with Crippen LogP contribution in [0.4, 0.5) is 4.79 Å². The molecule has 19 heavy (non-hydrogen) atoms. The van der Waals surface area contributed by atoms with Crippen molar-refractivity contribution >= 4 is 12.0 Å². The van der Waals surface area contributed by atoms with E-state index in [0.29, 0.717) is 13.1 Å². The van der Waals surface area contributed by atoms with Gasteiger partial charge in [-0.3, -0.25) is 4.79 Å². The minimum atomic E-state index is -1.01. The first-order valence-electron chi connectivity index (χ1n) is 6.13. The molecule has 0 aliphatic carbocycles. The summed E-state index contributed by atoms with van der Waals surface area (Å²) in [6.45, 7) is 4.41. The molecule has 1 rings (SSSR count). The highest BCUT2D eigenvalue weighted by atomic mass is 16.4. The van der Waals surface area contributed by atoms with E-state index in [4.69, 9.17) is 9.52 Å². The summed E-state index contributed by atoms with van der Waals surface area (Å²) in [5, 5.41) is 8.86. The van der Waals surface area contributed by atoms with Crippen molar-refractivity contribution in [1.82, 2.24) is 9.80 Å². The molecule has 0 saturated carbocycles. The van der Waals surface area contributed by atoms with Crippen LogP contribution in [0.1, 0.15) is 19.4 Å². The molecular weight excluding hydrogens is 248 g/mol. The van der Waals surface area contributed by atoms with Crippen LogP contribution >= 0.6 is 0 Å². The van der Waals surface area contributed by atoms with Gasteiger partial charge in [0.2, 0.25) is 0 Å². The van der Waals surface area contributed by atoms with E-state index in [-0.39, 0.29) is 18.5 Å². The number of amides is 2. The van der Waals surface area contributed by atoms with Crippen molar-refractivity contribution in [2.75, 3.05) is 20.1 Å². The molecule has 1 heterocycles. The molecule has 1 aromatic rings. The maximum absolute atomic E-state index is 12.2. The van der Waals surface area contributed by atoms with Gasteiger partial charge in [0, 0.05) is 19.2 Å². The lowest BCUT2D eigenvalue weighted by molar-refractivity contribution is -0.137. The first-order chi connectivity index (χ1) is 8.90. The van der Waals surface area contributed by atoms with Gasteiger partial charge in [0.1, 0.15) is 6.54 Å². The summed E-state index contributed by atoms with van der Waals surface area (Å²) in [7, 11) is 1.64. The summed E-state index contributed by atoms with van der Waals surface area (Å²) < 4.78 is 4.94. The van der Waals surface area contributed by atoms with Gasteiger partial charge in [-0.2, -0.15) is 0 Å². The molecule has 0 atom stereocenters. The second-order valence-electron chi connectivity index (χ2n) is 4.94. The lowest BCUT2D eigenvalue weighted by Crippen LogP contribution is -2.45. The second kappa shape index (κ2) is 6.82. The molecule has 106 valence electrons. The molecule has 1 aromatic heterocycles. The summed E-state index contributed by atoms with van der Waals surface area (Å²) >= 11 is 0. The molecule has 0 unspecified atom stereocenters. The van der Waals surface area contributed by atoms with Gasteiger partial charge in [-0.1, -0.05) is 13.8 Å². The predicted octanol–water partition coefficient (Wildman–Crippen LogP) is 1.87. The van der Waals surface area contributed by atoms with Crippen molar-refractivity contribution < 1.29 is 19.1 Å². The van der Waals surface area contributed by atoms with Gasteiger partial charge in [-0.15, -0.1) is 0 Å². The zero-order valence-electron chi connectivity index (χ0n) is 11.5. The zero-order chi connectivity index (χ0) is 14.4. The zero-order valence-corrected chi connectivity index (χ0v) is 11.5. The molecule has 2 amide bonds. The number of hydrogen-bond donors (Lipinski definition) is 1. The van der Waals surface area contributed by atoms with Crippen molar-refractivity contribution in [2.24, 2.45) is 5.92 Å². The maximum atomic E-state index is 12.2. The van der Waals surface area contributed by atoms with Gasteiger partial charge in [-0.25, -0.2) is 4.79 Å².